The first-order valence-electron chi connectivity index (χ1n) is 5.01. The summed E-state index contributed by atoms with van der Waals surface area (Å²) in [5, 5.41) is 0. The minimum absolute atomic E-state index is 0.700. The standard InChI is InChI=1S/C12H19N/c1-4-6-12-10(5-2)7-8-11(12)9(3)13/h4,6,10H,3,5,7-8,13H2,1-2H3/b6-4-. The highest BCUT2D eigenvalue weighted by atomic mass is 14.6. The Morgan fingerprint density at radius 1 is 1.69 bits per heavy atom. The Bertz CT molecular complexity index is 258. The van der Waals surface area contributed by atoms with Crippen LogP contribution in [0.2, 0.25) is 0 Å². The van der Waals surface area contributed by atoms with Crippen molar-refractivity contribution < 1.29 is 0 Å². The first-order chi connectivity index (χ1) is 6.20. The Balaban J connectivity index is 2.97. The van der Waals surface area contributed by atoms with E-state index in [1.165, 1.54) is 24.0 Å². The monoisotopic (exact) mass is 177 g/mol. The molecule has 0 aromatic carbocycles. The molecule has 1 nitrogen and oxygen atoms in total. The van der Waals surface area contributed by atoms with Gasteiger partial charge in [-0.05, 0) is 43.3 Å². The number of nitrogens with two attached hydrogens (primary N) is 1. The SMILES string of the molecule is C=C(N)C1=C(/C=C\C)C(CC)CC1. The van der Waals surface area contributed by atoms with Crippen molar-refractivity contribution in [2.45, 2.75) is 33.1 Å². The van der Waals surface area contributed by atoms with E-state index in [-0.39, 0.29) is 0 Å². The number of allylic oxidation sites excluding steroid dienone is 4. The van der Waals surface area contributed by atoms with Crippen molar-refractivity contribution in [1.29, 1.82) is 0 Å². The summed E-state index contributed by atoms with van der Waals surface area (Å²) in [4.78, 5) is 0. The lowest BCUT2D eigenvalue weighted by atomic mass is 9.97. The second-order valence-corrected chi connectivity index (χ2v) is 3.60. The van der Waals surface area contributed by atoms with Gasteiger partial charge in [0.05, 0.1) is 0 Å². The normalized spacial score (nSPS) is 23.1. The van der Waals surface area contributed by atoms with Gasteiger partial charge in [-0.1, -0.05) is 25.7 Å². The zero-order valence-electron chi connectivity index (χ0n) is 8.64. The average molecular weight is 177 g/mol. The van der Waals surface area contributed by atoms with Crippen LogP contribution in [0.5, 0.6) is 0 Å². The summed E-state index contributed by atoms with van der Waals surface area (Å²) >= 11 is 0. The molecule has 0 radical (unpaired) electrons. The molecule has 72 valence electrons. The molecule has 1 rings (SSSR count). The lowest BCUT2D eigenvalue weighted by Crippen LogP contribution is -2.00. The first-order valence-corrected chi connectivity index (χ1v) is 5.01. The van der Waals surface area contributed by atoms with Gasteiger partial charge in [-0.15, -0.1) is 0 Å². The largest absolute Gasteiger partial charge is 0.399 e. The molecule has 0 amide bonds. The smallest absolute Gasteiger partial charge is 0.0276 e. The second-order valence-electron chi connectivity index (χ2n) is 3.60. The fourth-order valence-corrected chi connectivity index (χ4v) is 2.05. The molecule has 0 fully saturated rings. The van der Waals surface area contributed by atoms with Crippen molar-refractivity contribution in [2.24, 2.45) is 11.7 Å². The van der Waals surface area contributed by atoms with Gasteiger partial charge in [-0.25, -0.2) is 0 Å². The third-order valence-corrected chi connectivity index (χ3v) is 2.76. The maximum absolute atomic E-state index is 5.75. The molecular weight excluding hydrogens is 158 g/mol. The third-order valence-electron chi connectivity index (χ3n) is 2.76. The van der Waals surface area contributed by atoms with E-state index < -0.39 is 0 Å². The van der Waals surface area contributed by atoms with Crippen LogP contribution < -0.4 is 5.73 Å². The van der Waals surface area contributed by atoms with Crippen molar-refractivity contribution in [3.63, 3.8) is 0 Å². The van der Waals surface area contributed by atoms with Gasteiger partial charge in [0.25, 0.3) is 0 Å². The molecule has 1 aliphatic carbocycles. The molecule has 1 unspecified atom stereocenters. The summed E-state index contributed by atoms with van der Waals surface area (Å²) < 4.78 is 0. The minimum atomic E-state index is 0.700. The van der Waals surface area contributed by atoms with Crippen LogP contribution in [0.3, 0.4) is 0 Å². The van der Waals surface area contributed by atoms with Crippen molar-refractivity contribution in [3.8, 4) is 0 Å². The molecule has 13 heavy (non-hydrogen) atoms. The molecule has 1 heteroatoms. The quantitative estimate of drug-likeness (QED) is 0.704. The van der Waals surface area contributed by atoms with Crippen LogP contribution in [0, 0.1) is 5.92 Å². The van der Waals surface area contributed by atoms with Crippen molar-refractivity contribution in [2.75, 3.05) is 0 Å². The van der Waals surface area contributed by atoms with Gasteiger partial charge in [0.2, 0.25) is 0 Å². The molecule has 1 aliphatic rings. The number of hydrogen-bond acceptors (Lipinski definition) is 1. The fraction of sp³-hybridized carbons (Fsp3) is 0.500. The molecular formula is C12H19N. The molecule has 0 aliphatic heterocycles. The van der Waals surface area contributed by atoms with E-state index in [2.05, 4.69) is 32.6 Å². The van der Waals surface area contributed by atoms with E-state index >= 15 is 0 Å². The number of rotatable bonds is 3. The fourth-order valence-electron chi connectivity index (χ4n) is 2.05. The predicted octanol–water partition coefficient (Wildman–Crippen LogP) is 3.15. The molecule has 0 aromatic heterocycles. The highest BCUT2D eigenvalue weighted by Gasteiger charge is 2.22. The Morgan fingerprint density at radius 3 is 2.85 bits per heavy atom. The first kappa shape index (κ1) is 10.1. The molecule has 0 saturated carbocycles. The van der Waals surface area contributed by atoms with Crippen molar-refractivity contribution >= 4 is 0 Å². The van der Waals surface area contributed by atoms with E-state index in [0.717, 1.165) is 12.1 Å². The van der Waals surface area contributed by atoms with Gasteiger partial charge in [-0.3, -0.25) is 0 Å². The Hall–Kier alpha value is -0.980. The Kier molecular flexibility index (Phi) is 3.35. The van der Waals surface area contributed by atoms with Crippen LogP contribution in [-0.4, -0.2) is 0 Å². The summed E-state index contributed by atoms with van der Waals surface area (Å²) in [5.41, 5.74) is 9.20. The molecule has 0 bridgehead atoms. The molecule has 2 N–H and O–H groups in total. The summed E-state index contributed by atoms with van der Waals surface area (Å²) in [6, 6.07) is 0. The van der Waals surface area contributed by atoms with E-state index in [0.29, 0.717) is 5.92 Å². The van der Waals surface area contributed by atoms with Gasteiger partial charge >= 0.3 is 0 Å². The topological polar surface area (TPSA) is 26.0 Å². The van der Waals surface area contributed by atoms with Crippen LogP contribution in [0.1, 0.15) is 33.1 Å². The average Bonchev–Trinajstić information content (AvgIpc) is 2.48. The van der Waals surface area contributed by atoms with Crippen LogP contribution in [0.15, 0.2) is 35.6 Å². The van der Waals surface area contributed by atoms with Gasteiger partial charge in [0, 0.05) is 5.70 Å². The maximum Gasteiger partial charge on any atom is 0.0276 e. The zero-order chi connectivity index (χ0) is 9.84. The Morgan fingerprint density at radius 2 is 2.38 bits per heavy atom. The summed E-state index contributed by atoms with van der Waals surface area (Å²) in [5.74, 6) is 0.700. The third kappa shape index (κ3) is 2.03. The molecule has 0 spiro atoms. The van der Waals surface area contributed by atoms with Crippen LogP contribution in [0.4, 0.5) is 0 Å². The molecule has 0 heterocycles. The van der Waals surface area contributed by atoms with Crippen LogP contribution >= 0.6 is 0 Å². The highest BCUT2D eigenvalue weighted by molar-refractivity contribution is 5.41. The van der Waals surface area contributed by atoms with E-state index in [1.807, 2.05) is 0 Å². The lowest BCUT2D eigenvalue weighted by Gasteiger charge is -2.09. The lowest BCUT2D eigenvalue weighted by molar-refractivity contribution is 0.594. The van der Waals surface area contributed by atoms with Gasteiger partial charge < -0.3 is 5.73 Å². The summed E-state index contributed by atoms with van der Waals surface area (Å²) in [7, 11) is 0. The predicted molar refractivity (Wildman–Crippen MR) is 58.2 cm³/mol. The summed E-state index contributed by atoms with van der Waals surface area (Å²) in [6.45, 7) is 8.11. The van der Waals surface area contributed by atoms with Crippen molar-refractivity contribution in [1.82, 2.24) is 0 Å². The van der Waals surface area contributed by atoms with Gasteiger partial charge in [-0.2, -0.15) is 0 Å². The van der Waals surface area contributed by atoms with E-state index in [1.54, 1.807) is 0 Å². The highest BCUT2D eigenvalue weighted by Crippen LogP contribution is 2.36. The zero-order valence-corrected chi connectivity index (χ0v) is 8.64. The van der Waals surface area contributed by atoms with E-state index in [4.69, 9.17) is 5.73 Å². The second kappa shape index (κ2) is 4.31. The minimum Gasteiger partial charge on any atom is -0.399 e. The van der Waals surface area contributed by atoms with Crippen LogP contribution in [-0.2, 0) is 0 Å². The number of hydrogen-bond donors (Lipinski definition) is 1. The van der Waals surface area contributed by atoms with E-state index in [9.17, 15) is 0 Å². The molecule has 0 saturated heterocycles. The van der Waals surface area contributed by atoms with Gasteiger partial charge in [0.1, 0.15) is 0 Å². The van der Waals surface area contributed by atoms with Crippen LogP contribution in [0.25, 0.3) is 0 Å². The van der Waals surface area contributed by atoms with Crippen molar-refractivity contribution in [3.05, 3.63) is 35.6 Å². The molecule has 0 aromatic rings. The maximum atomic E-state index is 5.75. The Labute approximate surface area is 81.0 Å². The summed E-state index contributed by atoms with van der Waals surface area (Å²) in [6.07, 6.45) is 7.83. The van der Waals surface area contributed by atoms with Gasteiger partial charge in [0.15, 0.2) is 0 Å². The molecule has 1 atom stereocenters.